The third-order valence-electron chi connectivity index (χ3n) is 3.05. The molecule has 0 aliphatic rings. The quantitative estimate of drug-likeness (QED) is 0.721. The largest absolute Gasteiger partial charge is 0.389 e. The molecule has 0 aromatic heterocycles. The van der Waals surface area contributed by atoms with Crippen LogP contribution in [0.2, 0.25) is 5.02 Å². The lowest BCUT2D eigenvalue weighted by molar-refractivity contribution is -0.128. The summed E-state index contributed by atoms with van der Waals surface area (Å²) in [6, 6.07) is 7.36. The minimum atomic E-state index is -0.642. The molecule has 118 valence electrons. The molecule has 1 unspecified atom stereocenters. The molecule has 1 rings (SSSR count). The fourth-order valence-corrected chi connectivity index (χ4v) is 1.74. The standard InChI is InChI=1S/C15H23ClN2O3/c1-3-18(2)15(20)9-17-8-14(19)11-21-10-12-4-6-13(16)7-5-12/h4-7,14,17,19H,3,8-11H2,1-2H3. The highest BCUT2D eigenvalue weighted by molar-refractivity contribution is 6.30. The molecule has 6 heteroatoms. The van der Waals surface area contributed by atoms with Gasteiger partial charge in [-0.25, -0.2) is 0 Å². The van der Waals surface area contributed by atoms with Gasteiger partial charge in [-0.2, -0.15) is 0 Å². The summed E-state index contributed by atoms with van der Waals surface area (Å²) in [5.74, 6) is 0.00628. The summed E-state index contributed by atoms with van der Waals surface area (Å²) in [6.07, 6.45) is -0.642. The monoisotopic (exact) mass is 314 g/mol. The predicted molar refractivity (Wildman–Crippen MR) is 83.3 cm³/mol. The Kier molecular flexibility index (Phi) is 8.30. The molecule has 1 amide bonds. The van der Waals surface area contributed by atoms with E-state index < -0.39 is 6.10 Å². The molecule has 0 bridgehead atoms. The van der Waals surface area contributed by atoms with Gasteiger partial charge in [-0.05, 0) is 24.6 Å². The van der Waals surface area contributed by atoms with Crippen molar-refractivity contribution in [2.45, 2.75) is 19.6 Å². The number of nitrogens with one attached hydrogen (secondary N) is 1. The summed E-state index contributed by atoms with van der Waals surface area (Å²) in [5, 5.41) is 13.3. The second kappa shape index (κ2) is 9.73. The van der Waals surface area contributed by atoms with E-state index in [-0.39, 0.29) is 19.1 Å². The highest BCUT2D eigenvalue weighted by atomic mass is 35.5. The Balaban J connectivity index is 2.12. The number of likely N-dealkylation sites (N-methyl/N-ethyl adjacent to an activating group) is 1. The maximum absolute atomic E-state index is 11.5. The molecule has 1 atom stereocenters. The van der Waals surface area contributed by atoms with Crippen LogP contribution in [0.15, 0.2) is 24.3 Å². The SMILES string of the molecule is CCN(C)C(=O)CNCC(O)COCc1ccc(Cl)cc1. The fourth-order valence-electron chi connectivity index (χ4n) is 1.61. The van der Waals surface area contributed by atoms with Gasteiger partial charge in [0.15, 0.2) is 0 Å². The molecule has 0 aliphatic carbocycles. The summed E-state index contributed by atoms with van der Waals surface area (Å²) < 4.78 is 5.42. The van der Waals surface area contributed by atoms with Crippen molar-refractivity contribution >= 4 is 17.5 Å². The van der Waals surface area contributed by atoms with Crippen LogP contribution in [0.4, 0.5) is 0 Å². The number of hydrogen-bond acceptors (Lipinski definition) is 4. The van der Waals surface area contributed by atoms with Crippen LogP contribution in [0.5, 0.6) is 0 Å². The first-order valence-electron chi connectivity index (χ1n) is 6.97. The second-order valence-electron chi connectivity index (χ2n) is 4.83. The third-order valence-corrected chi connectivity index (χ3v) is 3.30. The number of ether oxygens (including phenoxy) is 1. The van der Waals surface area contributed by atoms with Crippen molar-refractivity contribution in [2.75, 3.05) is 33.3 Å². The number of rotatable bonds is 9. The van der Waals surface area contributed by atoms with Crippen LogP contribution in [0.1, 0.15) is 12.5 Å². The third kappa shape index (κ3) is 7.43. The van der Waals surface area contributed by atoms with Gasteiger partial charge >= 0.3 is 0 Å². The summed E-state index contributed by atoms with van der Waals surface area (Å²) in [4.78, 5) is 13.1. The van der Waals surface area contributed by atoms with Crippen LogP contribution in [-0.4, -0.2) is 55.3 Å². The number of hydrogen-bond donors (Lipinski definition) is 2. The van der Waals surface area contributed by atoms with E-state index in [0.717, 1.165) is 5.56 Å². The number of nitrogens with zero attached hydrogens (tertiary/aromatic N) is 1. The van der Waals surface area contributed by atoms with Gasteiger partial charge in [0.05, 0.1) is 25.9 Å². The van der Waals surface area contributed by atoms with E-state index in [0.29, 0.717) is 24.7 Å². The van der Waals surface area contributed by atoms with Gasteiger partial charge in [-0.15, -0.1) is 0 Å². The lowest BCUT2D eigenvalue weighted by atomic mass is 10.2. The number of aliphatic hydroxyl groups excluding tert-OH is 1. The molecule has 0 heterocycles. The molecule has 21 heavy (non-hydrogen) atoms. The first-order chi connectivity index (χ1) is 10.0. The zero-order valence-electron chi connectivity index (χ0n) is 12.5. The smallest absolute Gasteiger partial charge is 0.236 e. The Morgan fingerprint density at radius 2 is 2.10 bits per heavy atom. The van der Waals surface area contributed by atoms with E-state index in [1.54, 1.807) is 24.1 Å². The first kappa shape index (κ1) is 17.9. The minimum absolute atomic E-state index is 0.00628. The van der Waals surface area contributed by atoms with Crippen LogP contribution in [0.3, 0.4) is 0 Å². The zero-order chi connectivity index (χ0) is 15.7. The van der Waals surface area contributed by atoms with Gasteiger partial charge in [0, 0.05) is 25.2 Å². The van der Waals surface area contributed by atoms with Crippen molar-refractivity contribution < 1.29 is 14.6 Å². The van der Waals surface area contributed by atoms with E-state index in [1.165, 1.54) is 0 Å². The Hall–Kier alpha value is -1.14. The number of amides is 1. The van der Waals surface area contributed by atoms with Crippen LogP contribution in [-0.2, 0) is 16.1 Å². The topological polar surface area (TPSA) is 61.8 Å². The Morgan fingerprint density at radius 3 is 2.71 bits per heavy atom. The van der Waals surface area contributed by atoms with E-state index in [4.69, 9.17) is 16.3 Å². The Bertz CT molecular complexity index is 425. The number of aliphatic hydroxyl groups is 1. The molecule has 0 fully saturated rings. The van der Waals surface area contributed by atoms with Crippen molar-refractivity contribution in [1.82, 2.24) is 10.2 Å². The lowest BCUT2D eigenvalue weighted by Crippen LogP contribution is -2.39. The van der Waals surface area contributed by atoms with E-state index in [9.17, 15) is 9.90 Å². The van der Waals surface area contributed by atoms with Gasteiger partial charge < -0.3 is 20.1 Å². The molecule has 0 saturated heterocycles. The number of benzene rings is 1. The Morgan fingerprint density at radius 1 is 1.43 bits per heavy atom. The maximum Gasteiger partial charge on any atom is 0.236 e. The van der Waals surface area contributed by atoms with E-state index in [2.05, 4.69) is 5.32 Å². The average Bonchev–Trinajstić information content (AvgIpc) is 2.48. The van der Waals surface area contributed by atoms with Crippen molar-refractivity contribution in [1.29, 1.82) is 0 Å². The molecule has 1 aromatic carbocycles. The van der Waals surface area contributed by atoms with Crippen molar-refractivity contribution in [2.24, 2.45) is 0 Å². The summed E-state index contributed by atoms with van der Waals surface area (Å²) >= 11 is 5.79. The van der Waals surface area contributed by atoms with Gasteiger partial charge in [0.25, 0.3) is 0 Å². The maximum atomic E-state index is 11.5. The number of carbonyl (C=O) groups excluding carboxylic acids is 1. The Labute approximate surface area is 130 Å². The molecule has 0 spiro atoms. The summed E-state index contributed by atoms with van der Waals surface area (Å²) in [5.41, 5.74) is 0.999. The van der Waals surface area contributed by atoms with Gasteiger partial charge in [-0.1, -0.05) is 23.7 Å². The van der Waals surface area contributed by atoms with Gasteiger partial charge in [0.2, 0.25) is 5.91 Å². The van der Waals surface area contributed by atoms with Crippen molar-refractivity contribution in [3.63, 3.8) is 0 Å². The summed E-state index contributed by atoms with van der Waals surface area (Å²) in [7, 11) is 1.75. The molecule has 0 radical (unpaired) electrons. The highest BCUT2D eigenvalue weighted by Gasteiger charge is 2.08. The molecule has 0 aliphatic heterocycles. The van der Waals surface area contributed by atoms with Gasteiger partial charge in [-0.3, -0.25) is 4.79 Å². The zero-order valence-corrected chi connectivity index (χ0v) is 13.3. The number of halogens is 1. The lowest BCUT2D eigenvalue weighted by Gasteiger charge is -2.16. The van der Waals surface area contributed by atoms with Crippen LogP contribution in [0, 0.1) is 0 Å². The van der Waals surface area contributed by atoms with Crippen LogP contribution < -0.4 is 5.32 Å². The minimum Gasteiger partial charge on any atom is -0.389 e. The van der Waals surface area contributed by atoms with Crippen molar-refractivity contribution in [3.05, 3.63) is 34.9 Å². The first-order valence-corrected chi connectivity index (χ1v) is 7.35. The fraction of sp³-hybridized carbons (Fsp3) is 0.533. The summed E-state index contributed by atoms with van der Waals surface area (Å²) in [6.45, 7) is 3.77. The van der Waals surface area contributed by atoms with Crippen LogP contribution in [0.25, 0.3) is 0 Å². The molecule has 2 N–H and O–H groups in total. The molecule has 1 aromatic rings. The average molecular weight is 315 g/mol. The molecule has 0 saturated carbocycles. The number of carbonyl (C=O) groups is 1. The van der Waals surface area contributed by atoms with Gasteiger partial charge in [0.1, 0.15) is 0 Å². The second-order valence-corrected chi connectivity index (χ2v) is 5.27. The predicted octanol–water partition coefficient (Wildman–Crippen LogP) is 1.29. The van der Waals surface area contributed by atoms with Crippen LogP contribution >= 0.6 is 11.6 Å². The molecular formula is C15H23ClN2O3. The molecule has 5 nitrogen and oxygen atoms in total. The highest BCUT2D eigenvalue weighted by Crippen LogP contribution is 2.10. The normalized spacial score (nSPS) is 12.2. The van der Waals surface area contributed by atoms with Crippen molar-refractivity contribution in [3.8, 4) is 0 Å². The van der Waals surface area contributed by atoms with E-state index >= 15 is 0 Å². The molecular weight excluding hydrogens is 292 g/mol. The van der Waals surface area contributed by atoms with E-state index in [1.807, 2.05) is 19.1 Å².